The Balaban J connectivity index is 3.03. The molecule has 1 atom stereocenters. The number of rotatable bonds is 6. The van der Waals surface area contributed by atoms with Gasteiger partial charge in [0, 0.05) is 12.8 Å². The quantitative estimate of drug-likeness (QED) is 0.416. The molecule has 1 saturated carbocycles. The van der Waals surface area contributed by atoms with Gasteiger partial charge in [0.15, 0.2) is 5.41 Å². The van der Waals surface area contributed by atoms with Crippen molar-refractivity contribution < 1.29 is 28.6 Å². The topological polar surface area (TPSA) is 78.9 Å². The molecule has 0 aromatic heterocycles. The van der Waals surface area contributed by atoms with Gasteiger partial charge in [0.2, 0.25) is 0 Å². The predicted molar refractivity (Wildman–Crippen MR) is 69.6 cm³/mol. The molecule has 1 rings (SSSR count). The zero-order valence-corrected chi connectivity index (χ0v) is 12.6. The lowest BCUT2D eigenvalue weighted by molar-refractivity contribution is -0.167. The minimum atomic E-state index is -1.38. The second kappa shape index (κ2) is 5.81. The molecule has 1 unspecified atom stereocenters. The van der Waals surface area contributed by atoms with E-state index in [9.17, 15) is 14.4 Å². The average molecular weight is 286 g/mol. The van der Waals surface area contributed by atoms with Gasteiger partial charge in [0.25, 0.3) is 0 Å². The summed E-state index contributed by atoms with van der Waals surface area (Å²) in [5.41, 5.74) is -2.05. The molecule has 0 saturated heterocycles. The molecular formula is C14H22O6. The molecule has 114 valence electrons. The Morgan fingerprint density at radius 3 is 1.75 bits per heavy atom. The first-order valence-electron chi connectivity index (χ1n) is 6.74. The van der Waals surface area contributed by atoms with Crippen molar-refractivity contribution in [1.29, 1.82) is 0 Å². The maximum atomic E-state index is 12.3. The molecule has 0 spiro atoms. The van der Waals surface area contributed by atoms with E-state index in [2.05, 4.69) is 0 Å². The molecule has 0 aliphatic heterocycles. The van der Waals surface area contributed by atoms with Gasteiger partial charge in [-0.3, -0.25) is 14.4 Å². The zero-order valence-electron chi connectivity index (χ0n) is 12.6. The van der Waals surface area contributed by atoms with Gasteiger partial charge in [0.05, 0.1) is 19.8 Å². The van der Waals surface area contributed by atoms with Gasteiger partial charge in [-0.1, -0.05) is 13.8 Å². The standard InChI is InChI=1S/C14H22O6/c1-6-18-11(16)14(12(17)19-7-2)10(13(14,4)5)8-20-9(3)15/h10H,6-8H2,1-5H3. The first-order chi connectivity index (χ1) is 9.26. The third-order valence-corrected chi connectivity index (χ3v) is 3.97. The summed E-state index contributed by atoms with van der Waals surface area (Å²) in [6.07, 6.45) is 0. The molecule has 1 fully saturated rings. The van der Waals surface area contributed by atoms with Gasteiger partial charge in [-0.25, -0.2) is 0 Å². The van der Waals surface area contributed by atoms with Crippen molar-refractivity contribution in [3.05, 3.63) is 0 Å². The Morgan fingerprint density at radius 2 is 1.40 bits per heavy atom. The van der Waals surface area contributed by atoms with Gasteiger partial charge in [-0.05, 0) is 19.3 Å². The monoisotopic (exact) mass is 286 g/mol. The summed E-state index contributed by atoms with van der Waals surface area (Å²) in [5.74, 6) is -2.10. The Hall–Kier alpha value is -1.59. The van der Waals surface area contributed by atoms with Crippen LogP contribution in [0.25, 0.3) is 0 Å². The fraction of sp³-hybridized carbons (Fsp3) is 0.786. The molecule has 1 aliphatic rings. The highest BCUT2D eigenvalue weighted by Crippen LogP contribution is 2.70. The van der Waals surface area contributed by atoms with Crippen molar-refractivity contribution in [1.82, 2.24) is 0 Å². The summed E-state index contributed by atoms with van der Waals surface area (Å²) >= 11 is 0. The van der Waals surface area contributed by atoms with E-state index in [1.54, 1.807) is 27.7 Å². The minimum Gasteiger partial charge on any atom is -0.466 e. The maximum Gasteiger partial charge on any atom is 0.324 e. The number of hydrogen-bond donors (Lipinski definition) is 0. The van der Waals surface area contributed by atoms with E-state index < -0.39 is 34.7 Å². The third-order valence-electron chi connectivity index (χ3n) is 3.97. The summed E-state index contributed by atoms with van der Waals surface area (Å²) in [6.45, 7) is 8.53. The fourth-order valence-corrected chi connectivity index (χ4v) is 2.79. The summed E-state index contributed by atoms with van der Waals surface area (Å²) in [5, 5.41) is 0. The van der Waals surface area contributed by atoms with E-state index >= 15 is 0 Å². The Bertz CT molecular complexity index is 394. The van der Waals surface area contributed by atoms with Crippen molar-refractivity contribution in [2.75, 3.05) is 19.8 Å². The van der Waals surface area contributed by atoms with Gasteiger partial charge < -0.3 is 14.2 Å². The molecule has 0 radical (unpaired) electrons. The molecule has 20 heavy (non-hydrogen) atoms. The van der Waals surface area contributed by atoms with Gasteiger partial charge >= 0.3 is 17.9 Å². The fourth-order valence-electron chi connectivity index (χ4n) is 2.79. The van der Waals surface area contributed by atoms with Gasteiger partial charge in [-0.15, -0.1) is 0 Å². The molecular weight excluding hydrogens is 264 g/mol. The summed E-state index contributed by atoms with van der Waals surface area (Å²) in [4.78, 5) is 35.4. The zero-order chi connectivity index (χ0) is 15.6. The predicted octanol–water partition coefficient (Wildman–Crippen LogP) is 1.32. The van der Waals surface area contributed by atoms with Crippen LogP contribution in [-0.2, 0) is 28.6 Å². The van der Waals surface area contributed by atoms with Crippen molar-refractivity contribution in [3.8, 4) is 0 Å². The van der Waals surface area contributed by atoms with E-state index in [-0.39, 0.29) is 19.8 Å². The lowest BCUT2D eigenvalue weighted by Gasteiger charge is -2.17. The van der Waals surface area contributed by atoms with Crippen LogP contribution in [0.2, 0.25) is 0 Å². The maximum absolute atomic E-state index is 12.3. The highest BCUT2D eigenvalue weighted by atomic mass is 16.6. The van der Waals surface area contributed by atoms with E-state index in [1.807, 2.05) is 0 Å². The summed E-state index contributed by atoms with van der Waals surface area (Å²) in [6, 6.07) is 0. The number of esters is 3. The van der Waals surface area contributed by atoms with Crippen LogP contribution in [0.1, 0.15) is 34.6 Å². The lowest BCUT2D eigenvalue weighted by Crippen LogP contribution is -2.35. The molecule has 0 amide bonds. The smallest absolute Gasteiger partial charge is 0.324 e. The van der Waals surface area contributed by atoms with Crippen LogP contribution < -0.4 is 0 Å². The molecule has 0 aromatic carbocycles. The number of hydrogen-bond acceptors (Lipinski definition) is 6. The first-order valence-corrected chi connectivity index (χ1v) is 6.74. The van der Waals surface area contributed by atoms with Crippen molar-refractivity contribution in [2.24, 2.45) is 16.7 Å². The van der Waals surface area contributed by atoms with E-state index in [1.165, 1.54) is 6.92 Å². The lowest BCUT2D eigenvalue weighted by atomic mass is 9.96. The highest BCUT2D eigenvalue weighted by molar-refractivity contribution is 6.05. The van der Waals surface area contributed by atoms with E-state index in [0.717, 1.165) is 0 Å². The Labute approximate surface area is 118 Å². The van der Waals surface area contributed by atoms with Crippen LogP contribution in [0.3, 0.4) is 0 Å². The average Bonchev–Trinajstić information content (AvgIpc) is 2.84. The van der Waals surface area contributed by atoms with E-state index in [4.69, 9.17) is 14.2 Å². The van der Waals surface area contributed by atoms with Gasteiger partial charge in [-0.2, -0.15) is 0 Å². The van der Waals surface area contributed by atoms with Crippen molar-refractivity contribution >= 4 is 17.9 Å². The second-order valence-corrected chi connectivity index (χ2v) is 5.33. The number of ether oxygens (including phenoxy) is 3. The Morgan fingerprint density at radius 1 is 0.950 bits per heavy atom. The number of carbonyl (C=O) groups is 3. The van der Waals surface area contributed by atoms with Crippen LogP contribution in [0, 0.1) is 16.7 Å². The molecule has 0 heterocycles. The number of carbonyl (C=O) groups excluding carboxylic acids is 3. The first kappa shape index (κ1) is 16.5. The van der Waals surface area contributed by atoms with Crippen LogP contribution in [0.5, 0.6) is 0 Å². The summed E-state index contributed by atoms with van der Waals surface area (Å²) < 4.78 is 15.0. The molecule has 6 heteroatoms. The Kier molecular flexibility index (Phi) is 4.78. The molecule has 0 N–H and O–H groups in total. The van der Waals surface area contributed by atoms with Crippen LogP contribution >= 0.6 is 0 Å². The molecule has 1 aliphatic carbocycles. The second-order valence-electron chi connectivity index (χ2n) is 5.33. The van der Waals surface area contributed by atoms with Crippen LogP contribution in [-0.4, -0.2) is 37.7 Å². The highest BCUT2D eigenvalue weighted by Gasteiger charge is 2.82. The normalized spacial score (nSPS) is 21.8. The van der Waals surface area contributed by atoms with Crippen LogP contribution in [0.15, 0.2) is 0 Å². The van der Waals surface area contributed by atoms with Crippen molar-refractivity contribution in [3.63, 3.8) is 0 Å². The third kappa shape index (κ3) is 2.39. The van der Waals surface area contributed by atoms with Gasteiger partial charge in [0.1, 0.15) is 0 Å². The molecule has 0 bridgehead atoms. The van der Waals surface area contributed by atoms with Crippen LogP contribution in [0.4, 0.5) is 0 Å². The SMILES string of the molecule is CCOC(=O)C1(C(=O)OCC)C(COC(C)=O)C1(C)C. The largest absolute Gasteiger partial charge is 0.466 e. The minimum absolute atomic E-state index is 0.0000378. The molecule has 6 nitrogen and oxygen atoms in total. The summed E-state index contributed by atoms with van der Waals surface area (Å²) in [7, 11) is 0. The van der Waals surface area contributed by atoms with E-state index in [0.29, 0.717) is 0 Å². The van der Waals surface area contributed by atoms with Crippen molar-refractivity contribution in [2.45, 2.75) is 34.6 Å². The molecule has 0 aromatic rings.